The van der Waals surface area contributed by atoms with Crippen molar-refractivity contribution < 1.29 is 5.11 Å². The highest BCUT2D eigenvalue weighted by Gasteiger charge is 2.00. The minimum atomic E-state index is -0.0715. The Labute approximate surface area is 65.0 Å². The molecule has 0 atom stereocenters. The highest BCUT2D eigenvalue weighted by atomic mass is 79.9. The zero-order chi connectivity index (χ0) is 7.56. The van der Waals surface area contributed by atoms with Crippen LogP contribution in [0.3, 0.4) is 0 Å². The molecule has 0 bridgehead atoms. The van der Waals surface area contributed by atoms with Crippen LogP contribution >= 0.6 is 15.9 Å². The molecule has 52 valence electrons. The van der Waals surface area contributed by atoms with Gasteiger partial charge in [-0.3, -0.25) is 0 Å². The van der Waals surface area contributed by atoms with Crippen molar-refractivity contribution in [1.29, 1.82) is 0 Å². The average molecular weight is 203 g/mol. The third-order valence-corrected chi connectivity index (χ3v) is 1.52. The van der Waals surface area contributed by atoms with Crippen LogP contribution in [0.4, 0.5) is 5.69 Å². The predicted molar refractivity (Wildman–Crippen MR) is 39.1 cm³/mol. The maximum Gasteiger partial charge on any atom is 0.144 e. The fraction of sp³-hybridized carbons (Fsp3) is 0. The first-order valence-electron chi connectivity index (χ1n) is 2.42. The van der Waals surface area contributed by atoms with E-state index in [1.807, 2.05) is 0 Å². The quantitative estimate of drug-likeness (QED) is 0.560. The van der Waals surface area contributed by atoms with Gasteiger partial charge in [-0.15, -0.1) is 4.91 Å². The van der Waals surface area contributed by atoms with Crippen LogP contribution in [0.15, 0.2) is 22.0 Å². The highest BCUT2D eigenvalue weighted by Crippen LogP contribution is 2.25. The van der Waals surface area contributed by atoms with Crippen LogP contribution in [0.1, 0.15) is 0 Å². The van der Waals surface area contributed by atoms with Crippen molar-refractivity contribution in [3.63, 3.8) is 0 Å². The summed E-state index contributed by atoms with van der Waals surface area (Å²) in [5, 5.41) is 11.4. The summed E-state index contributed by atoms with van der Waals surface area (Å²) in [6.07, 6.45) is 1.22. The molecule has 10 heavy (non-hydrogen) atoms. The number of pyridine rings is 1. The maximum absolute atomic E-state index is 9.95. The summed E-state index contributed by atoms with van der Waals surface area (Å²) in [5.74, 6) is -0.0715. The van der Waals surface area contributed by atoms with E-state index in [0.29, 0.717) is 4.60 Å². The lowest BCUT2D eigenvalue weighted by atomic mass is 10.4. The second-order valence-corrected chi connectivity index (χ2v) is 2.35. The van der Waals surface area contributed by atoms with E-state index in [4.69, 9.17) is 5.11 Å². The predicted octanol–water partition coefficient (Wildman–Crippen LogP) is 1.95. The van der Waals surface area contributed by atoms with Crippen molar-refractivity contribution in [3.8, 4) is 5.75 Å². The molecule has 0 aliphatic carbocycles. The molecule has 5 heteroatoms. The fourth-order valence-corrected chi connectivity index (χ4v) is 0.779. The van der Waals surface area contributed by atoms with Gasteiger partial charge in [0, 0.05) is 6.07 Å². The average Bonchev–Trinajstić information content (AvgIpc) is 1.94. The van der Waals surface area contributed by atoms with Crippen LogP contribution in [0.2, 0.25) is 0 Å². The van der Waals surface area contributed by atoms with Crippen molar-refractivity contribution >= 4 is 21.6 Å². The van der Waals surface area contributed by atoms with Gasteiger partial charge in [0.15, 0.2) is 0 Å². The van der Waals surface area contributed by atoms with Gasteiger partial charge in [0.05, 0.1) is 6.20 Å². The Morgan fingerprint density at radius 1 is 1.70 bits per heavy atom. The van der Waals surface area contributed by atoms with Crippen molar-refractivity contribution in [2.45, 2.75) is 0 Å². The smallest absolute Gasteiger partial charge is 0.144 e. The Morgan fingerprint density at radius 3 is 2.90 bits per heavy atom. The lowest BCUT2D eigenvalue weighted by Crippen LogP contribution is -1.74. The van der Waals surface area contributed by atoms with E-state index < -0.39 is 0 Å². The number of halogens is 1. The van der Waals surface area contributed by atoms with Crippen molar-refractivity contribution in [2.24, 2.45) is 5.18 Å². The molecule has 4 nitrogen and oxygen atoms in total. The van der Waals surface area contributed by atoms with Crippen LogP contribution in [-0.4, -0.2) is 10.1 Å². The molecule has 1 aromatic heterocycles. The third-order valence-electron chi connectivity index (χ3n) is 0.904. The van der Waals surface area contributed by atoms with Crippen molar-refractivity contribution in [2.75, 3.05) is 0 Å². The van der Waals surface area contributed by atoms with Crippen LogP contribution in [0, 0.1) is 4.91 Å². The summed E-state index contributed by atoms with van der Waals surface area (Å²) in [5.41, 5.74) is 0.0972. The molecule has 0 aromatic carbocycles. The van der Waals surface area contributed by atoms with Crippen molar-refractivity contribution in [3.05, 3.63) is 21.8 Å². The van der Waals surface area contributed by atoms with Gasteiger partial charge in [0.1, 0.15) is 16.0 Å². The standard InChI is InChI=1S/C5H3BrN2O2/c6-5-4(8-10)1-3(9)2-7-5/h1-2,9H. The Morgan fingerprint density at radius 2 is 2.40 bits per heavy atom. The zero-order valence-corrected chi connectivity index (χ0v) is 6.37. The molecule has 0 aliphatic rings. The van der Waals surface area contributed by atoms with Gasteiger partial charge in [-0.05, 0) is 21.1 Å². The molecule has 0 fully saturated rings. The largest absolute Gasteiger partial charge is 0.506 e. The Hall–Kier alpha value is -0.970. The van der Waals surface area contributed by atoms with Gasteiger partial charge in [0.2, 0.25) is 0 Å². The molecular weight excluding hydrogens is 200 g/mol. The lowest BCUT2D eigenvalue weighted by Gasteiger charge is -1.92. The summed E-state index contributed by atoms with van der Waals surface area (Å²) >= 11 is 2.97. The Kier molecular flexibility index (Phi) is 1.96. The van der Waals surface area contributed by atoms with Gasteiger partial charge in [-0.25, -0.2) is 4.98 Å². The molecule has 0 unspecified atom stereocenters. The number of aromatic hydroxyl groups is 1. The summed E-state index contributed by atoms with van der Waals surface area (Å²) < 4.78 is 0.334. The van der Waals surface area contributed by atoms with E-state index in [2.05, 4.69) is 26.1 Å². The second kappa shape index (κ2) is 2.74. The SMILES string of the molecule is O=Nc1cc(O)cnc1Br. The Balaban J connectivity index is 3.21. The molecule has 0 saturated carbocycles. The van der Waals surface area contributed by atoms with E-state index in [0.717, 1.165) is 0 Å². The minimum Gasteiger partial charge on any atom is -0.506 e. The molecular formula is C5H3BrN2O2. The minimum absolute atomic E-state index is 0.0715. The monoisotopic (exact) mass is 202 g/mol. The highest BCUT2D eigenvalue weighted by molar-refractivity contribution is 9.10. The van der Waals surface area contributed by atoms with Gasteiger partial charge >= 0.3 is 0 Å². The lowest BCUT2D eigenvalue weighted by molar-refractivity contribution is 0.472. The normalized spacial score (nSPS) is 9.30. The van der Waals surface area contributed by atoms with Crippen LogP contribution in [0.25, 0.3) is 0 Å². The molecule has 1 heterocycles. The van der Waals surface area contributed by atoms with E-state index in [1.165, 1.54) is 12.3 Å². The molecule has 0 spiro atoms. The first kappa shape index (κ1) is 7.14. The van der Waals surface area contributed by atoms with Gasteiger partial charge in [-0.2, -0.15) is 0 Å². The van der Waals surface area contributed by atoms with Gasteiger partial charge in [0.25, 0.3) is 0 Å². The molecule has 1 rings (SSSR count). The summed E-state index contributed by atoms with van der Waals surface area (Å²) in [7, 11) is 0. The fourth-order valence-electron chi connectivity index (χ4n) is 0.490. The number of hydrogen-bond donors (Lipinski definition) is 1. The number of aromatic nitrogens is 1. The van der Waals surface area contributed by atoms with Crippen LogP contribution in [-0.2, 0) is 0 Å². The van der Waals surface area contributed by atoms with E-state index in [9.17, 15) is 4.91 Å². The van der Waals surface area contributed by atoms with Crippen molar-refractivity contribution in [1.82, 2.24) is 4.98 Å². The molecule has 0 radical (unpaired) electrons. The second-order valence-electron chi connectivity index (χ2n) is 1.59. The first-order valence-corrected chi connectivity index (χ1v) is 3.21. The number of rotatable bonds is 1. The molecule has 0 saturated heterocycles. The summed E-state index contributed by atoms with van der Waals surface area (Å²) in [6, 6.07) is 1.23. The maximum atomic E-state index is 9.95. The van der Waals surface area contributed by atoms with E-state index in [1.54, 1.807) is 0 Å². The zero-order valence-electron chi connectivity index (χ0n) is 4.78. The third kappa shape index (κ3) is 1.30. The molecule has 0 aliphatic heterocycles. The number of nitrogens with zero attached hydrogens (tertiary/aromatic N) is 2. The van der Waals surface area contributed by atoms with E-state index in [-0.39, 0.29) is 11.4 Å². The summed E-state index contributed by atoms with van der Waals surface area (Å²) in [6.45, 7) is 0. The van der Waals surface area contributed by atoms with Crippen LogP contribution < -0.4 is 0 Å². The Bertz CT molecular complexity index is 264. The van der Waals surface area contributed by atoms with Gasteiger partial charge in [-0.1, -0.05) is 0 Å². The molecule has 0 amide bonds. The first-order chi connectivity index (χ1) is 4.74. The molecule has 1 N–H and O–H groups in total. The van der Waals surface area contributed by atoms with Crippen LogP contribution in [0.5, 0.6) is 5.75 Å². The topological polar surface area (TPSA) is 62.5 Å². The van der Waals surface area contributed by atoms with E-state index >= 15 is 0 Å². The summed E-state index contributed by atoms with van der Waals surface area (Å²) in [4.78, 5) is 13.6. The number of nitroso groups, excluding NO2 is 1. The number of hydrogen-bond acceptors (Lipinski definition) is 4. The van der Waals surface area contributed by atoms with Gasteiger partial charge < -0.3 is 5.11 Å². The molecule has 1 aromatic rings.